The highest BCUT2D eigenvalue weighted by atomic mass is 28.4. The normalized spacial score (nSPS) is 25.6. The maximum absolute atomic E-state index is 12.9. The summed E-state index contributed by atoms with van der Waals surface area (Å²) in [6, 6.07) is 8.16. The van der Waals surface area contributed by atoms with Gasteiger partial charge in [-0.15, -0.1) is 0 Å². The van der Waals surface area contributed by atoms with Crippen molar-refractivity contribution in [1.82, 2.24) is 5.32 Å². The molecule has 0 aromatic heterocycles. The molecule has 8 atom stereocenters. The zero-order chi connectivity index (χ0) is 33.4. The Morgan fingerprint density at radius 2 is 1.82 bits per heavy atom. The van der Waals surface area contributed by atoms with Gasteiger partial charge in [0.1, 0.15) is 11.9 Å². The van der Waals surface area contributed by atoms with Crippen LogP contribution in [-0.2, 0) is 20.5 Å². The third-order valence-corrected chi connectivity index (χ3v) is 15.2. The second kappa shape index (κ2) is 16.8. The summed E-state index contributed by atoms with van der Waals surface area (Å²) in [7, 11) is -0.336. The van der Waals surface area contributed by atoms with Gasteiger partial charge in [-0.3, -0.25) is 4.79 Å². The number of carbonyl (C=O) groups is 1. The maximum atomic E-state index is 12.9. The van der Waals surface area contributed by atoms with Crippen molar-refractivity contribution in [3.63, 3.8) is 0 Å². The summed E-state index contributed by atoms with van der Waals surface area (Å²) >= 11 is 0. The Hall–Kier alpha value is -1.93. The van der Waals surface area contributed by atoms with Crippen LogP contribution in [0.1, 0.15) is 92.6 Å². The summed E-state index contributed by atoms with van der Waals surface area (Å²) in [6.45, 7) is 21.5. The molecule has 254 valence electrons. The van der Waals surface area contributed by atoms with E-state index in [0.717, 1.165) is 44.5 Å². The van der Waals surface area contributed by atoms with Crippen LogP contribution in [0.15, 0.2) is 48.1 Å². The molecule has 0 saturated heterocycles. The fraction of sp³-hybridized carbons (Fsp3) is 0.711. The lowest BCUT2D eigenvalue weighted by atomic mass is 9.65. The Labute approximate surface area is 275 Å². The molecule has 2 aliphatic rings. The summed E-state index contributed by atoms with van der Waals surface area (Å²) in [5.74, 6) is 1.94. The van der Waals surface area contributed by atoms with E-state index in [1.54, 1.807) is 7.11 Å². The Kier molecular flexibility index (Phi) is 14.0. The van der Waals surface area contributed by atoms with Gasteiger partial charge in [-0.25, -0.2) is 0 Å². The Morgan fingerprint density at radius 3 is 2.44 bits per heavy atom. The lowest BCUT2D eigenvalue weighted by Gasteiger charge is -2.43. The first-order chi connectivity index (χ1) is 21.1. The van der Waals surface area contributed by atoms with Crippen LogP contribution in [-0.4, -0.2) is 51.4 Å². The van der Waals surface area contributed by atoms with E-state index in [0.29, 0.717) is 30.6 Å². The van der Waals surface area contributed by atoms with E-state index in [4.69, 9.17) is 13.9 Å². The first-order valence-corrected chi connectivity index (χ1v) is 20.4. The predicted octanol–water partition coefficient (Wildman–Crippen LogP) is 8.46. The molecular weight excluding hydrogens is 579 g/mol. The van der Waals surface area contributed by atoms with Crippen molar-refractivity contribution in [1.29, 1.82) is 0 Å². The fourth-order valence-corrected chi connectivity index (χ4v) is 7.92. The molecular formula is C38H63NO5Si. The number of ether oxygens (including phenoxy) is 2. The molecule has 0 amide bonds. The van der Waals surface area contributed by atoms with Gasteiger partial charge in [0.25, 0.3) is 0 Å². The molecule has 45 heavy (non-hydrogen) atoms. The van der Waals surface area contributed by atoms with Crippen molar-refractivity contribution in [3.8, 4) is 5.75 Å². The molecule has 1 aromatic carbocycles. The number of nitrogens with one attached hydrogen (secondary N) is 1. The first kappa shape index (κ1) is 37.5. The number of allylic oxidation sites excluding steroid dienone is 3. The average Bonchev–Trinajstić information content (AvgIpc) is 2.97. The van der Waals surface area contributed by atoms with Crippen LogP contribution in [0.5, 0.6) is 5.75 Å². The predicted molar refractivity (Wildman–Crippen MR) is 188 cm³/mol. The van der Waals surface area contributed by atoms with Gasteiger partial charge in [0.2, 0.25) is 0 Å². The minimum atomic E-state index is -2.02. The van der Waals surface area contributed by atoms with Gasteiger partial charge < -0.3 is 24.3 Å². The first-order valence-electron chi connectivity index (χ1n) is 17.4. The van der Waals surface area contributed by atoms with Gasteiger partial charge in [0, 0.05) is 18.6 Å². The van der Waals surface area contributed by atoms with E-state index in [2.05, 4.69) is 83.4 Å². The molecule has 0 aliphatic heterocycles. The summed E-state index contributed by atoms with van der Waals surface area (Å²) in [5, 5.41) is 15.1. The van der Waals surface area contributed by atoms with Gasteiger partial charge in [-0.1, -0.05) is 78.8 Å². The number of aliphatic hydroxyl groups is 1. The maximum Gasteiger partial charge on any atom is 0.308 e. The van der Waals surface area contributed by atoms with Crippen LogP contribution in [0, 0.1) is 29.6 Å². The van der Waals surface area contributed by atoms with E-state index in [9.17, 15) is 9.90 Å². The third-order valence-electron chi connectivity index (χ3n) is 10.6. The molecule has 8 unspecified atom stereocenters. The van der Waals surface area contributed by atoms with Gasteiger partial charge in [-0.05, 0) is 104 Å². The molecule has 0 bridgehead atoms. The molecule has 0 heterocycles. The van der Waals surface area contributed by atoms with Crippen molar-refractivity contribution < 1.29 is 23.8 Å². The second-order valence-corrected chi connectivity index (χ2v) is 20.1. The van der Waals surface area contributed by atoms with Crippen LogP contribution in [0.3, 0.4) is 0 Å². The zero-order valence-corrected chi connectivity index (χ0v) is 30.9. The van der Waals surface area contributed by atoms with Crippen molar-refractivity contribution in [2.24, 2.45) is 29.6 Å². The quantitative estimate of drug-likeness (QED) is 0.107. The molecule has 0 fully saturated rings. The average molecular weight is 642 g/mol. The van der Waals surface area contributed by atoms with E-state index in [1.165, 1.54) is 11.1 Å². The molecule has 0 radical (unpaired) electrons. The Morgan fingerprint density at radius 1 is 1.13 bits per heavy atom. The van der Waals surface area contributed by atoms with E-state index in [1.807, 2.05) is 26.0 Å². The topological polar surface area (TPSA) is 77.0 Å². The van der Waals surface area contributed by atoms with Gasteiger partial charge in [0.05, 0.1) is 19.1 Å². The number of methoxy groups -OCH3 is 1. The number of esters is 1. The molecule has 0 spiro atoms. The smallest absolute Gasteiger partial charge is 0.308 e. The van der Waals surface area contributed by atoms with Crippen LogP contribution in [0.4, 0.5) is 0 Å². The number of hydrogen-bond acceptors (Lipinski definition) is 6. The van der Waals surface area contributed by atoms with Crippen LogP contribution >= 0.6 is 0 Å². The molecule has 2 aliphatic carbocycles. The van der Waals surface area contributed by atoms with E-state index in [-0.39, 0.29) is 35.1 Å². The lowest BCUT2D eigenvalue weighted by molar-refractivity contribution is -0.158. The summed E-state index contributed by atoms with van der Waals surface area (Å²) < 4.78 is 18.4. The van der Waals surface area contributed by atoms with E-state index >= 15 is 0 Å². The highest BCUT2D eigenvalue weighted by Crippen LogP contribution is 2.45. The SMILES string of the molecule is CCC(C)C(=O)OC1CC(C)C=C2C=CC(C)C(CCC(O)CC(CCNCc3ccc(OC)cc3)O[Si](C)(C)C(C)(C)C)C21. The molecule has 7 heteroatoms. The van der Waals surface area contributed by atoms with Crippen molar-refractivity contribution in [3.05, 3.63) is 53.6 Å². The highest BCUT2D eigenvalue weighted by molar-refractivity contribution is 6.74. The summed E-state index contributed by atoms with van der Waals surface area (Å²) in [5.41, 5.74) is 2.52. The summed E-state index contributed by atoms with van der Waals surface area (Å²) in [6.07, 6.45) is 11.1. The number of fused-ring (bicyclic) bond motifs is 1. The van der Waals surface area contributed by atoms with Crippen molar-refractivity contribution in [2.45, 2.75) is 130 Å². The van der Waals surface area contributed by atoms with E-state index < -0.39 is 14.4 Å². The highest BCUT2D eigenvalue weighted by Gasteiger charge is 2.42. The number of rotatable bonds is 16. The summed E-state index contributed by atoms with van der Waals surface area (Å²) in [4.78, 5) is 12.9. The molecule has 1 aromatic rings. The van der Waals surface area contributed by atoms with Gasteiger partial charge in [-0.2, -0.15) is 0 Å². The van der Waals surface area contributed by atoms with Gasteiger partial charge in [0.15, 0.2) is 8.32 Å². The van der Waals surface area contributed by atoms with Gasteiger partial charge >= 0.3 is 5.97 Å². The number of aliphatic hydroxyl groups excluding tert-OH is 1. The number of hydrogen-bond donors (Lipinski definition) is 2. The standard InChI is InChI=1S/C38H63NO5Si/c1-11-27(3)37(41)43-35-23-26(2)22-30-15-12-28(4)34(36(30)35)19-16-31(40)24-33(44-45(9,10)38(5,6)7)20-21-39-25-29-13-17-32(42-8)18-14-29/h12-15,17-18,22,26-28,31,33-36,39-40H,11,16,19-21,23-25H2,1-10H3. The number of carbonyl (C=O) groups excluding carboxylic acids is 1. The minimum Gasteiger partial charge on any atom is -0.497 e. The second-order valence-electron chi connectivity index (χ2n) is 15.4. The fourth-order valence-electron chi connectivity index (χ4n) is 6.52. The van der Waals surface area contributed by atoms with Crippen LogP contribution < -0.4 is 10.1 Å². The molecule has 2 N–H and O–H groups in total. The zero-order valence-electron chi connectivity index (χ0n) is 29.9. The lowest BCUT2D eigenvalue weighted by Crippen LogP contribution is -2.45. The van der Waals surface area contributed by atoms with Crippen molar-refractivity contribution >= 4 is 14.3 Å². The Balaban J connectivity index is 1.65. The molecule has 0 saturated carbocycles. The van der Waals surface area contributed by atoms with Crippen LogP contribution in [0.2, 0.25) is 18.1 Å². The third kappa shape index (κ3) is 10.8. The largest absolute Gasteiger partial charge is 0.497 e. The number of benzene rings is 1. The Bertz CT molecular complexity index is 1120. The molecule has 6 nitrogen and oxygen atoms in total. The monoisotopic (exact) mass is 641 g/mol. The molecule has 3 rings (SSSR count). The minimum absolute atomic E-state index is 0.0110. The van der Waals surface area contributed by atoms with Crippen LogP contribution in [0.25, 0.3) is 0 Å². The van der Waals surface area contributed by atoms with Crippen molar-refractivity contribution in [2.75, 3.05) is 13.7 Å².